The maximum Gasteiger partial charge on any atom is 0.0686 e. The van der Waals surface area contributed by atoms with Gasteiger partial charge in [0.25, 0.3) is 0 Å². The summed E-state index contributed by atoms with van der Waals surface area (Å²) >= 11 is 0. The Labute approximate surface area is 72.2 Å². The highest BCUT2D eigenvalue weighted by atomic mass is 15.0. The van der Waals surface area contributed by atoms with Gasteiger partial charge in [0.2, 0.25) is 0 Å². The molecule has 0 fully saturated rings. The molecule has 2 heteroatoms. The molecule has 0 saturated carbocycles. The molecule has 0 amide bonds. The second-order valence-electron chi connectivity index (χ2n) is 2.85. The maximum atomic E-state index is 3.22. The lowest BCUT2D eigenvalue weighted by Crippen LogP contribution is -2.18. The van der Waals surface area contributed by atoms with Crippen molar-refractivity contribution in [3.8, 4) is 0 Å². The molecule has 0 bridgehead atoms. The molecule has 0 saturated heterocycles. The predicted molar refractivity (Wildman–Crippen MR) is 49.8 cm³/mol. The first-order chi connectivity index (χ1) is 5.97. The molecule has 1 aliphatic rings. The van der Waals surface area contributed by atoms with E-state index >= 15 is 0 Å². The number of allylic oxidation sites excluding steroid dienone is 2. The molecule has 1 aromatic heterocycles. The molecular weight excluding hydrogens is 148 g/mol. The van der Waals surface area contributed by atoms with Crippen LogP contribution in [0.2, 0.25) is 0 Å². The zero-order valence-corrected chi connectivity index (χ0v) is 6.85. The van der Waals surface area contributed by atoms with Crippen LogP contribution in [0.4, 0.5) is 0 Å². The molecule has 0 radical (unpaired) electrons. The quantitative estimate of drug-likeness (QED) is 0.661. The number of nitrogens with zero attached hydrogens (tertiary/aromatic N) is 1. The first kappa shape index (κ1) is 7.22. The lowest BCUT2D eigenvalue weighted by atomic mass is 10.3. The van der Waals surface area contributed by atoms with Crippen molar-refractivity contribution < 1.29 is 0 Å². The van der Waals surface area contributed by atoms with Gasteiger partial charge in [-0.05, 0) is 24.4 Å². The largest absolute Gasteiger partial charge is 0.388 e. The Morgan fingerprint density at radius 1 is 1.17 bits per heavy atom. The van der Waals surface area contributed by atoms with E-state index in [4.69, 9.17) is 0 Å². The number of hydrogen-bond acceptors (Lipinski definition) is 1. The van der Waals surface area contributed by atoms with Gasteiger partial charge in [0.1, 0.15) is 0 Å². The van der Waals surface area contributed by atoms with E-state index in [9.17, 15) is 0 Å². The second-order valence-corrected chi connectivity index (χ2v) is 2.85. The molecule has 2 rings (SSSR count). The molecule has 1 N–H and O–H groups in total. The Morgan fingerprint density at radius 3 is 2.83 bits per heavy atom. The monoisotopic (exact) mass is 160 g/mol. The van der Waals surface area contributed by atoms with Crippen molar-refractivity contribution in [3.63, 3.8) is 0 Å². The average molecular weight is 160 g/mol. The van der Waals surface area contributed by atoms with E-state index in [-0.39, 0.29) is 0 Å². The zero-order chi connectivity index (χ0) is 8.23. The molecule has 62 valence electrons. The summed E-state index contributed by atoms with van der Waals surface area (Å²) in [6.45, 7) is 0.960. The summed E-state index contributed by atoms with van der Waals surface area (Å²) < 4.78 is 2.19. The predicted octanol–water partition coefficient (Wildman–Crippen LogP) is 1.70. The van der Waals surface area contributed by atoms with E-state index in [1.807, 2.05) is 24.4 Å². The SMILES string of the molecule is C1=CNCC(n2cccc2)C=C1. The van der Waals surface area contributed by atoms with Crippen LogP contribution in [0.1, 0.15) is 6.04 Å². The van der Waals surface area contributed by atoms with Crippen LogP contribution < -0.4 is 5.32 Å². The van der Waals surface area contributed by atoms with E-state index in [2.05, 4.69) is 34.4 Å². The fourth-order valence-electron chi connectivity index (χ4n) is 1.35. The van der Waals surface area contributed by atoms with Crippen LogP contribution in [-0.2, 0) is 0 Å². The molecule has 0 aliphatic carbocycles. The number of nitrogens with one attached hydrogen (secondary N) is 1. The number of hydrogen-bond donors (Lipinski definition) is 1. The summed E-state index contributed by atoms with van der Waals surface area (Å²) in [5.41, 5.74) is 0. The summed E-state index contributed by atoms with van der Waals surface area (Å²) in [6, 6.07) is 4.54. The first-order valence-corrected chi connectivity index (χ1v) is 4.16. The van der Waals surface area contributed by atoms with Crippen LogP contribution in [0.25, 0.3) is 0 Å². The Hall–Kier alpha value is -1.44. The molecule has 1 aliphatic heterocycles. The van der Waals surface area contributed by atoms with Crippen molar-refractivity contribution in [1.29, 1.82) is 0 Å². The molecule has 0 spiro atoms. The summed E-state index contributed by atoms with van der Waals surface area (Å²) in [7, 11) is 0. The highest BCUT2D eigenvalue weighted by Crippen LogP contribution is 2.09. The van der Waals surface area contributed by atoms with Gasteiger partial charge in [0.15, 0.2) is 0 Å². The highest BCUT2D eigenvalue weighted by Gasteiger charge is 2.04. The smallest absolute Gasteiger partial charge is 0.0686 e. The summed E-state index contributed by atoms with van der Waals surface area (Å²) in [5, 5.41) is 3.22. The van der Waals surface area contributed by atoms with Crippen LogP contribution in [0.15, 0.2) is 49.0 Å². The van der Waals surface area contributed by atoms with Gasteiger partial charge in [-0.2, -0.15) is 0 Å². The van der Waals surface area contributed by atoms with Gasteiger partial charge >= 0.3 is 0 Å². The minimum absolute atomic E-state index is 0.440. The topological polar surface area (TPSA) is 17.0 Å². The van der Waals surface area contributed by atoms with Gasteiger partial charge in [0, 0.05) is 18.9 Å². The van der Waals surface area contributed by atoms with Crippen molar-refractivity contribution in [2.24, 2.45) is 0 Å². The van der Waals surface area contributed by atoms with Gasteiger partial charge in [-0.25, -0.2) is 0 Å². The molecule has 0 aromatic carbocycles. The van der Waals surface area contributed by atoms with E-state index < -0.39 is 0 Å². The standard InChI is InChI=1S/C10H12N2/c1-2-6-11-9-10(5-1)12-7-3-4-8-12/h1-8,10-11H,9H2. The lowest BCUT2D eigenvalue weighted by molar-refractivity contribution is 0.583. The first-order valence-electron chi connectivity index (χ1n) is 4.16. The summed E-state index contributed by atoms with van der Waals surface area (Å²) in [4.78, 5) is 0. The van der Waals surface area contributed by atoms with E-state index in [1.54, 1.807) is 0 Å². The molecular formula is C10H12N2. The zero-order valence-electron chi connectivity index (χ0n) is 6.85. The molecule has 1 aromatic rings. The molecule has 1 atom stereocenters. The van der Waals surface area contributed by atoms with Crippen molar-refractivity contribution in [2.75, 3.05) is 6.54 Å². The summed E-state index contributed by atoms with van der Waals surface area (Å²) in [5.74, 6) is 0. The Morgan fingerprint density at radius 2 is 2.00 bits per heavy atom. The van der Waals surface area contributed by atoms with Crippen LogP contribution in [0.3, 0.4) is 0 Å². The Bertz CT molecular complexity index is 283. The Balaban J connectivity index is 2.15. The van der Waals surface area contributed by atoms with Crippen LogP contribution >= 0.6 is 0 Å². The molecule has 2 nitrogen and oxygen atoms in total. The third-order valence-corrected chi connectivity index (χ3v) is 2.00. The van der Waals surface area contributed by atoms with E-state index in [1.165, 1.54) is 0 Å². The van der Waals surface area contributed by atoms with Crippen molar-refractivity contribution >= 4 is 0 Å². The minimum Gasteiger partial charge on any atom is -0.388 e. The van der Waals surface area contributed by atoms with Crippen LogP contribution in [0, 0.1) is 0 Å². The highest BCUT2D eigenvalue weighted by molar-refractivity contribution is 5.10. The van der Waals surface area contributed by atoms with E-state index in [0.717, 1.165) is 6.54 Å². The second kappa shape index (κ2) is 3.30. The van der Waals surface area contributed by atoms with Crippen molar-refractivity contribution in [1.82, 2.24) is 9.88 Å². The van der Waals surface area contributed by atoms with E-state index in [0.29, 0.717) is 6.04 Å². The fraction of sp³-hybridized carbons (Fsp3) is 0.200. The molecule has 12 heavy (non-hydrogen) atoms. The van der Waals surface area contributed by atoms with Crippen molar-refractivity contribution in [2.45, 2.75) is 6.04 Å². The van der Waals surface area contributed by atoms with Gasteiger partial charge in [0.05, 0.1) is 6.04 Å². The Kier molecular flexibility index (Phi) is 1.99. The molecule has 2 heterocycles. The minimum atomic E-state index is 0.440. The van der Waals surface area contributed by atoms with Gasteiger partial charge in [-0.1, -0.05) is 12.2 Å². The van der Waals surface area contributed by atoms with Gasteiger partial charge in [-0.3, -0.25) is 0 Å². The van der Waals surface area contributed by atoms with Crippen LogP contribution in [0.5, 0.6) is 0 Å². The molecule has 1 unspecified atom stereocenters. The number of aromatic nitrogens is 1. The van der Waals surface area contributed by atoms with Gasteiger partial charge in [-0.15, -0.1) is 0 Å². The fourth-order valence-corrected chi connectivity index (χ4v) is 1.35. The normalized spacial score (nSPS) is 21.8. The lowest BCUT2D eigenvalue weighted by Gasteiger charge is -2.13. The number of rotatable bonds is 1. The van der Waals surface area contributed by atoms with Gasteiger partial charge < -0.3 is 9.88 Å². The summed E-state index contributed by atoms with van der Waals surface area (Å²) in [6.07, 6.45) is 12.4. The van der Waals surface area contributed by atoms with Crippen LogP contribution in [-0.4, -0.2) is 11.1 Å². The maximum absolute atomic E-state index is 3.22. The average Bonchev–Trinajstić information content (AvgIpc) is 2.48. The third-order valence-electron chi connectivity index (χ3n) is 2.00. The van der Waals surface area contributed by atoms with Crippen molar-refractivity contribution in [3.05, 3.63) is 49.0 Å². The third kappa shape index (κ3) is 1.42.